The molecule has 0 radical (unpaired) electrons. The van der Waals surface area contributed by atoms with Crippen molar-refractivity contribution in [2.24, 2.45) is 0 Å². The molecule has 3 N–H and O–H groups in total. The van der Waals surface area contributed by atoms with E-state index in [-0.39, 0.29) is 34.9 Å². The van der Waals surface area contributed by atoms with Crippen molar-refractivity contribution in [3.8, 4) is 0 Å². The van der Waals surface area contributed by atoms with E-state index < -0.39 is 0 Å². The number of hydrogen-bond acceptors (Lipinski definition) is 1. The van der Waals surface area contributed by atoms with Gasteiger partial charge in [-0.25, -0.2) is 0 Å². The van der Waals surface area contributed by atoms with Gasteiger partial charge in [-0.2, -0.15) is 20.8 Å². The minimum absolute atomic E-state index is 0. The first-order valence-electron chi connectivity index (χ1n) is 2.65. The molecule has 3 nitrogen and oxygen atoms in total. The van der Waals surface area contributed by atoms with E-state index in [1.165, 1.54) is 0 Å². The van der Waals surface area contributed by atoms with Gasteiger partial charge in [0.2, 0.25) is 0 Å². The third-order valence-electron chi connectivity index (χ3n) is 0. The Kier molecular flexibility index (Phi) is 2450. The number of carbonyl (C=O) groups is 1. The monoisotopic (exact) mass is 328 g/mol. The second-order valence-electron chi connectivity index (χ2n) is 0.118. The Hall–Kier alpha value is 0.170. The minimum Gasteiger partial charge on any atom is -0.693 e. The predicted molar refractivity (Wildman–Crippen MR) is 48.8 cm³/mol. The van der Waals surface area contributed by atoms with Crippen LogP contribution >= 0.6 is 0 Å². The molecule has 68 valence electrons. The van der Waals surface area contributed by atoms with Crippen LogP contribution in [0.1, 0.15) is 20.8 Å². The van der Waals surface area contributed by atoms with E-state index in [0.717, 1.165) is 0 Å². The summed E-state index contributed by atoms with van der Waals surface area (Å²) in [5, 5.41) is 0. The summed E-state index contributed by atoms with van der Waals surface area (Å²) in [6, 6.07) is 0. The first-order valence-corrected chi connectivity index (χ1v) is 2.65. The van der Waals surface area contributed by atoms with Crippen LogP contribution in [0.4, 0.5) is 0 Å². The van der Waals surface area contributed by atoms with Gasteiger partial charge in [-0.05, 0) is 0 Å². The second-order valence-corrected chi connectivity index (χ2v) is 0.118. The quantitative estimate of drug-likeness (QED) is 0.496. The van der Waals surface area contributed by atoms with E-state index in [9.17, 15) is 0 Å². The maximum Gasteiger partial charge on any atom is 5.00 e. The molecule has 0 aromatic rings. The molecule has 0 bridgehead atoms. The summed E-state index contributed by atoms with van der Waals surface area (Å²) in [5.41, 5.74) is 5.53. The van der Waals surface area contributed by atoms with Gasteiger partial charge in [-0.3, -0.25) is 0 Å². The number of rotatable bonds is 0. The standard InChI is InChI=1S/3C2H5.CH3NO.H2N.Ta/c3*1-2;2-1-3;;/h3*1H2,2H3;1H,(H2,2,3);1H2;/q3*-1;;-1;+5/p-1. The number of nitrogens with two attached hydrogens (primary N) is 1. The van der Waals surface area contributed by atoms with Crippen molar-refractivity contribution in [2.45, 2.75) is 20.8 Å². The Morgan fingerprint density at radius 3 is 1.00 bits per heavy atom. The van der Waals surface area contributed by atoms with E-state index in [4.69, 9.17) is 10.5 Å². The van der Waals surface area contributed by atoms with Gasteiger partial charge in [0.25, 0.3) is 0 Å². The van der Waals surface area contributed by atoms with E-state index in [1.54, 1.807) is 20.8 Å². The van der Waals surface area contributed by atoms with Crippen LogP contribution in [0, 0.1) is 20.8 Å². The number of hydrogen-bond donors (Lipinski definition) is 0. The van der Waals surface area contributed by atoms with Crippen molar-refractivity contribution in [1.29, 1.82) is 0 Å². The molecule has 11 heavy (non-hydrogen) atoms. The SMILES string of the molecule is [CH2-]C.[CH2-]C.[CH2-]C.[NH-]C=O.[NH2-].[Ta+5]. The van der Waals surface area contributed by atoms with Crippen LogP contribution in [-0.2, 0) is 27.2 Å². The fourth-order valence-electron chi connectivity index (χ4n) is 0. The van der Waals surface area contributed by atoms with Gasteiger partial charge in [0.05, 0.1) is 0 Å². The Morgan fingerprint density at radius 2 is 1.00 bits per heavy atom. The van der Waals surface area contributed by atoms with Gasteiger partial charge in [-0.1, -0.05) is 0 Å². The molecule has 0 spiro atoms. The van der Waals surface area contributed by atoms with Crippen LogP contribution in [0.3, 0.4) is 0 Å². The Balaban J connectivity index is -0.00000000729. The number of carbonyl (C=O) groups excluding carboxylic acids is 1. The summed E-state index contributed by atoms with van der Waals surface area (Å²) in [6.45, 7) is 15.0. The smallest absolute Gasteiger partial charge is 0.693 e. The van der Waals surface area contributed by atoms with Crippen molar-refractivity contribution in [3.05, 3.63) is 32.7 Å². The third kappa shape index (κ3) is 23400. The largest absolute Gasteiger partial charge is 5.00 e. The average molecular weight is 328 g/mol. The number of amides is 1. The zero-order valence-corrected chi connectivity index (χ0v) is 10.8. The van der Waals surface area contributed by atoms with Crippen molar-refractivity contribution in [1.82, 2.24) is 0 Å². The van der Waals surface area contributed by atoms with Crippen molar-refractivity contribution in [3.63, 3.8) is 0 Å². The second kappa shape index (κ2) is 624. The normalized spacial score (nSPS) is 2.73. The van der Waals surface area contributed by atoms with Gasteiger partial charge < -0.3 is 37.4 Å². The third-order valence-corrected chi connectivity index (χ3v) is 0. The van der Waals surface area contributed by atoms with Crippen molar-refractivity contribution < 1.29 is 27.2 Å². The summed E-state index contributed by atoms with van der Waals surface area (Å²) >= 11 is 0. The van der Waals surface area contributed by atoms with E-state index >= 15 is 0 Å². The summed E-state index contributed by atoms with van der Waals surface area (Å²) in [7, 11) is 0. The van der Waals surface area contributed by atoms with Crippen molar-refractivity contribution in [2.75, 3.05) is 0 Å². The Labute approximate surface area is 87.2 Å². The predicted octanol–water partition coefficient (Wildman–Crippen LogP) is 3.43. The average Bonchev–Trinajstić information content (AvgIpc) is 2.01. The van der Waals surface area contributed by atoms with Crippen LogP contribution in [0.15, 0.2) is 0 Å². The fraction of sp³-hybridized carbons (Fsp3) is 0.429. The summed E-state index contributed by atoms with van der Waals surface area (Å²) in [4.78, 5) is 8.47. The molecule has 0 fully saturated rings. The molecule has 0 aromatic carbocycles. The molecule has 0 aliphatic heterocycles. The van der Waals surface area contributed by atoms with Crippen LogP contribution in [0.5, 0.6) is 0 Å². The molecule has 0 saturated carbocycles. The van der Waals surface area contributed by atoms with Crippen molar-refractivity contribution >= 4 is 6.41 Å². The topological polar surface area (TPSA) is 74.4 Å². The molecule has 0 aliphatic carbocycles. The van der Waals surface area contributed by atoms with Crippen LogP contribution in [0.25, 0.3) is 11.9 Å². The van der Waals surface area contributed by atoms with Gasteiger partial charge in [0.15, 0.2) is 0 Å². The zero-order chi connectivity index (χ0) is 8.71. The molecule has 0 unspecified atom stereocenters. The maximum absolute atomic E-state index is 8.47. The first kappa shape index (κ1) is 43.2. The molecule has 0 saturated heterocycles. The minimum atomic E-state index is 0. The summed E-state index contributed by atoms with van der Waals surface area (Å²) in [5.74, 6) is 0. The molecule has 1 amide bonds. The molecular weight excluding hydrogens is 309 g/mol. The first-order chi connectivity index (χ1) is 4.41. The van der Waals surface area contributed by atoms with Crippen LogP contribution in [-0.4, -0.2) is 6.41 Å². The molecule has 0 atom stereocenters. The van der Waals surface area contributed by atoms with Gasteiger partial charge in [0, 0.05) is 6.41 Å². The Morgan fingerprint density at radius 1 is 1.00 bits per heavy atom. The van der Waals surface area contributed by atoms with Gasteiger partial charge in [0.1, 0.15) is 0 Å². The number of nitrogens with one attached hydrogen (secondary N) is 1. The molecule has 0 rings (SSSR count). The van der Waals surface area contributed by atoms with Crippen LogP contribution in [0.2, 0.25) is 0 Å². The van der Waals surface area contributed by atoms with E-state index in [2.05, 4.69) is 20.8 Å². The Bertz CT molecular complexity index is 23.9. The zero-order valence-electron chi connectivity index (χ0n) is 7.63. The molecule has 0 aliphatic rings. The summed E-state index contributed by atoms with van der Waals surface area (Å²) < 4.78 is 0. The van der Waals surface area contributed by atoms with Gasteiger partial charge in [-0.15, -0.1) is 0 Å². The summed E-state index contributed by atoms with van der Waals surface area (Å²) in [6.07, 6.45) is 0. The van der Waals surface area contributed by atoms with Crippen LogP contribution < -0.4 is 0 Å². The fourth-order valence-corrected chi connectivity index (χ4v) is 0. The molecule has 0 heterocycles. The maximum atomic E-state index is 8.47. The molecule has 0 aromatic heterocycles. The molecule has 4 heteroatoms. The van der Waals surface area contributed by atoms with E-state index in [1.807, 2.05) is 0 Å². The van der Waals surface area contributed by atoms with E-state index in [0.29, 0.717) is 0 Å². The molecular formula is C7H19N2OTa. The van der Waals surface area contributed by atoms with Gasteiger partial charge >= 0.3 is 22.4 Å².